The minimum atomic E-state index is -1.72. The summed E-state index contributed by atoms with van der Waals surface area (Å²) in [7, 11) is 1.70. The molecule has 0 aliphatic heterocycles. The van der Waals surface area contributed by atoms with Crippen molar-refractivity contribution in [1.82, 2.24) is 21.3 Å². The third kappa shape index (κ3) is 16.2. The topological polar surface area (TPSA) is 358 Å². The molecule has 0 aliphatic carbocycles. The van der Waals surface area contributed by atoms with Crippen molar-refractivity contribution in [3.8, 4) is 0 Å². The van der Waals surface area contributed by atoms with Gasteiger partial charge in [-0.15, -0.1) is 0 Å². The molecule has 0 bridgehead atoms. The molecule has 0 fully saturated rings. The van der Waals surface area contributed by atoms with Gasteiger partial charge in [0, 0.05) is 24.3 Å². The molecule has 22 heteroatoms. The fourth-order valence-electron chi connectivity index (χ4n) is 2.87. The number of rotatable bonds is 23. The summed E-state index contributed by atoms with van der Waals surface area (Å²) in [4.78, 5) is 94.2. The number of aliphatic carboxylic acids is 4. The van der Waals surface area contributed by atoms with E-state index in [1.54, 1.807) is 0 Å². The molecule has 0 saturated heterocycles. The molecule has 250 valence electrons. The SMILES string of the molecule is N[C@@H](CCC(=O)N[C@@H](CSSC[C@H](NC(=O)CC[C@H](N)C(=O)O)C(=O)N[C@@H](CO)C(=O)O)C(=O)N[C@@H](CO)C(=O)O)C(=O)O. The number of amides is 4. The molecule has 6 atom stereocenters. The molecule has 0 heterocycles. The monoisotopic (exact) mass is 672 g/mol. The number of hydrogen-bond donors (Lipinski definition) is 12. The molecule has 0 aliphatic rings. The zero-order chi connectivity index (χ0) is 34.0. The first kappa shape index (κ1) is 40.3. The average Bonchev–Trinajstić information content (AvgIpc) is 2.95. The summed E-state index contributed by atoms with van der Waals surface area (Å²) in [6, 6.07) is -9.03. The number of hydrogen-bond acceptors (Lipinski definition) is 14. The second-order valence-corrected chi connectivity index (χ2v) is 11.5. The maximum absolute atomic E-state index is 12.7. The van der Waals surface area contributed by atoms with Gasteiger partial charge in [0.2, 0.25) is 23.6 Å². The Labute approximate surface area is 257 Å². The van der Waals surface area contributed by atoms with Gasteiger partial charge in [0.1, 0.15) is 36.3 Å². The third-order valence-electron chi connectivity index (χ3n) is 5.45. The molecule has 0 aromatic rings. The van der Waals surface area contributed by atoms with Gasteiger partial charge in [-0.25, -0.2) is 9.59 Å². The largest absolute Gasteiger partial charge is 0.480 e. The van der Waals surface area contributed by atoms with Crippen LogP contribution < -0.4 is 32.7 Å². The lowest BCUT2D eigenvalue weighted by molar-refractivity contribution is -0.143. The van der Waals surface area contributed by atoms with Crippen molar-refractivity contribution in [1.29, 1.82) is 0 Å². The van der Waals surface area contributed by atoms with Crippen molar-refractivity contribution in [3.63, 3.8) is 0 Å². The molecule has 0 aromatic heterocycles. The van der Waals surface area contributed by atoms with E-state index < -0.39 is 110 Å². The van der Waals surface area contributed by atoms with E-state index in [1.807, 2.05) is 10.6 Å². The van der Waals surface area contributed by atoms with E-state index in [0.717, 1.165) is 21.6 Å². The van der Waals surface area contributed by atoms with Crippen LogP contribution in [-0.2, 0) is 38.4 Å². The van der Waals surface area contributed by atoms with E-state index in [-0.39, 0.29) is 24.3 Å². The van der Waals surface area contributed by atoms with Crippen LogP contribution >= 0.6 is 21.6 Å². The number of carboxylic acid groups (broad SMARTS) is 4. The third-order valence-corrected chi connectivity index (χ3v) is 7.87. The molecule has 0 radical (unpaired) electrons. The molecule has 0 unspecified atom stereocenters. The van der Waals surface area contributed by atoms with Gasteiger partial charge in [-0.2, -0.15) is 0 Å². The Bertz CT molecular complexity index is 971. The summed E-state index contributed by atoms with van der Waals surface area (Å²) in [6.45, 7) is -1.95. The zero-order valence-corrected chi connectivity index (χ0v) is 24.7. The van der Waals surface area contributed by atoms with Gasteiger partial charge < -0.3 is 63.4 Å². The normalized spacial score (nSPS) is 14.9. The van der Waals surface area contributed by atoms with Gasteiger partial charge in [-0.1, -0.05) is 21.6 Å². The van der Waals surface area contributed by atoms with E-state index in [1.165, 1.54) is 0 Å². The first-order valence-corrected chi connectivity index (χ1v) is 15.1. The number of aliphatic hydroxyl groups excluding tert-OH is 2. The summed E-state index contributed by atoms with van der Waals surface area (Å²) >= 11 is 0. The van der Waals surface area contributed by atoms with Crippen molar-refractivity contribution < 1.29 is 69.0 Å². The van der Waals surface area contributed by atoms with Crippen LogP contribution in [-0.4, -0.2) is 139 Å². The van der Waals surface area contributed by atoms with Crippen LogP contribution in [0.3, 0.4) is 0 Å². The highest BCUT2D eigenvalue weighted by atomic mass is 33.1. The predicted octanol–water partition coefficient (Wildman–Crippen LogP) is -5.16. The standard InChI is InChI=1S/C22H36N6O14S2/c23-9(19(35)36)1-3-15(31)25-13(17(33)27-11(5-29)21(39)40)7-43-44-8-14(18(34)28-12(6-30)22(41)42)26-16(32)4-2-10(24)20(37)38/h9-14,29-30H,1-8,23-24H2,(H,25,31)(H,26,32)(H,27,33)(H,28,34)(H,35,36)(H,37,38)(H,39,40)(H,41,42)/t9-,10-,11-,12-,13-,14-/m0/s1. The maximum atomic E-state index is 12.7. The Morgan fingerprint density at radius 1 is 0.523 bits per heavy atom. The quantitative estimate of drug-likeness (QED) is 0.0356. The molecule has 14 N–H and O–H groups in total. The van der Waals surface area contributed by atoms with Crippen LogP contribution in [0.5, 0.6) is 0 Å². The Hall–Kier alpha value is -3.70. The lowest BCUT2D eigenvalue weighted by atomic mass is 10.1. The van der Waals surface area contributed by atoms with Crippen LogP contribution in [0.15, 0.2) is 0 Å². The number of nitrogens with two attached hydrogens (primary N) is 2. The van der Waals surface area contributed by atoms with Crippen LogP contribution in [0.1, 0.15) is 25.7 Å². The summed E-state index contributed by atoms with van der Waals surface area (Å²) in [5, 5.41) is 62.9. The van der Waals surface area contributed by atoms with Gasteiger partial charge in [0.25, 0.3) is 0 Å². The molecule has 0 spiro atoms. The fourth-order valence-corrected chi connectivity index (χ4v) is 5.19. The second kappa shape index (κ2) is 21.1. The van der Waals surface area contributed by atoms with Crippen molar-refractivity contribution in [2.24, 2.45) is 11.5 Å². The molecular formula is C22H36N6O14S2. The van der Waals surface area contributed by atoms with Gasteiger partial charge >= 0.3 is 23.9 Å². The molecule has 0 saturated carbocycles. The average molecular weight is 673 g/mol. The Kier molecular flexibility index (Phi) is 19.3. The lowest BCUT2D eigenvalue weighted by Gasteiger charge is -2.22. The van der Waals surface area contributed by atoms with Crippen LogP contribution in [0.25, 0.3) is 0 Å². The van der Waals surface area contributed by atoms with Gasteiger partial charge in [0.05, 0.1) is 13.2 Å². The summed E-state index contributed by atoms with van der Waals surface area (Å²) < 4.78 is 0. The molecule has 4 amide bonds. The highest BCUT2D eigenvalue weighted by Gasteiger charge is 2.29. The number of carboxylic acids is 4. The minimum Gasteiger partial charge on any atom is -0.480 e. The molecular weight excluding hydrogens is 636 g/mol. The molecule has 0 aromatic carbocycles. The number of carbonyl (C=O) groups is 8. The highest BCUT2D eigenvalue weighted by molar-refractivity contribution is 8.76. The Morgan fingerprint density at radius 3 is 1.09 bits per heavy atom. The van der Waals surface area contributed by atoms with Gasteiger partial charge in [0.15, 0.2) is 0 Å². The number of carbonyl (C=O) groups excluding carboxylic acids is 4. The number of nitrogens with one attached hydrogen (secondary N) is 4. The van der Waals surface area contributed by atoms with Gasteiger partial charge in [-0.05, 0) is 12.8 Å². The smallest absolute Gasteiger partial charge is 0.328 e. The van der Waals surface area contributed by atoms with Gasteiger partial charge in [-0.3, -0.25) is 28.8 Å². The van der Waals surface area contributed by atoms with Crippen LogP contribution in [0, 0.1) is 0 Å². The maximum Gasteiger partial charge on any atom is 0.328 e. The predicted molar refractivity (Wildman–Crippen MR) is 152 cm³/mol. The molecule has 44 heavy (non-hydrogen) atoms. The first-order valence-electron chi connectivity index (χ1n) is 12.6. The summed E-state index contributed by atoms with van der Waals surface area (Å²) in [5.74, 6) is -10.1. The summed E-state index contributed by atoms with van der Waals surface area (Å²) in [6.07, 6.45) is -1.39. The molecule has 20 nitrogen and oxygen atoms in total. The number of aliphatic hydroxyl groups is 2. The van der Waals surface area contributed by atoms with Crippen molar-refractivity contribution in [2.75, 3.05) is 24.7 Å². The zero-order valence-electron chi connectivity index (χ0n) is 23.0. The van der Waals surface area contributed by atoms with E-state index in [4.69, 9.17) is 31.9 Å². The van der Waals surface area contributed by atoms with Crippen LogP contribution in [0.4, 0.5) is 0 Å². The van der Waals surface area contributed by atoms with E-state index in [2.05, 4.69) is 10.6 Å². The van der Waals surface area contributed by atoms with E-state index >= 15 is 0 Å². The van der Waals surface area contributed by atoms with Crippen molar-refractivity contribution in [2.45, 2.75) is 61.9 Å². The minimum absolute atomic E-state index is 0.283. The first-order chi connectivity index (χ1) is 20.5. The second-order valence-electron chi connectivity index (χ2n) is 8.94. The lowest BCUT2D eigenvalue weighted by Crippen LogP contribution is -2.54. The van der Waals surface area contributed by atoms with E-state index in [9.17, 15) is 48.6 Å². The Morgan fingerprint density at radius 2 is 0.841 bits per heavy atom. The highest BCUT2D eigenvalue weighted by Crippen LogP contribution is 2.23. The fraction of sp³-hybridized carbons (Fsp3) is 0.636. The van der Waals surface area contributed by atoms with Crippen molar-refractivity contribution in [3.05, 3.63) is 0 Å². The molecule has 0 rings (SSSR count). The van der Waals surface area contributed by atoms with Crippen LogP contribution in [0.2, 0.25) is 0 Å². The van der Waals surface area contributed by atoms with E-state index in [0.29, 0.717) is 0 Å². The van der Waals surface area contributed by atoms with Crippen molar-refractivity contribution >= 4 is 69.1 Å². The Balaban J connectivity index is 5.55. The summed E-state index contributed by atoms with van der Waals surface area (Å²) in [5.41, 5.74) is 10.7.